The van der Waals surface area contributed by atoms with Crippen LogP contribution < -0.4 is 5.32 Å². The third-order valence-electron chi connectivity index (χ3n) is 7.33. The fourth-order valence-electron chi connectivity index (χ4n) is 4.77. The largest absolute Gasteiger partial charge is 0.395 e. The maximum atomic E-state index is 13.4. The summed E-state index contributed by atoms with van der Waals surface area (Å²) < 4.78 is 25.5. The fraction of sp³-hybridized carbons (Fsp3) is 0.520. The van der Waals surface area contributed by atoms with Gasteiger partial charge in [0.2, 0.25) is 0 Å². The summed E-state index contributed by atoms with van der Waals surface area (Å²) in [5.74, 6) is -0.760. The zero-order valence-electron chi connectivity index (χ0n) is 20.9. The number of nitrogens with zero attached hydrogens (tertiary/aromatic N) is 4. The maximum absolute atomic E-state index is 13.4. The number of nitriles is 1. The molecule has 36 heavy (non-hydrogen) atoms. The summed E-state index contributed by atoms with van der Waals surface area (Å²) in [7, 11) is -2.09. The number of carbonyl (C=O) groups excluding carboxylic acids is 2. The number of benzene rings is 1. The average molecular weight is 514 g/mol. The van der Waals surface area contributed by atoms with E-state index >= 15 is 0 Å². The van der Waals surface area contributed by atoms with Gasteiger partial charge in [0, 0.05) is 25.7 Å². The third kappa shape index (κ3) is 4.18. The Morgan fingerprint density at radius 3 is 2.50 bits per heavy atom. The number of aryl methyl sites for hydroxylation is 1. The van der Waals surface area contributed by atoms with Crippen LogP contribution in [-0.4, -0.2) is 69.2 Å². The Kier molecular flexibility index (Phi) is 6.47. The van der Waals surface area contributed by atoms with Gasteiger partial charge in [0.1, 0.15) is 5.69 Å². The van der Waals surface area contributed by atoms with Crippen LogP contribution in [0.25, 0.3) is 0 Å². The first-order chi connectivity index (χ1) is 16.9. The normalized spacial score (nSPS) is 17.8. The summed E-state index contributed by atoms with van der Waals surface area (Å²) >= 11 is 0. The van der Waals surface area contributed by atoms with E-state index in [1.807, 2.05) is 6.92 Å². The molecule has 0 radical (unpaired) electrons. The van der Waals surface area contributed by atoms with Crippen molar-refractivity contribution in [3.05, 3.63) is 52.3 Å². The second kappa shape index (κ2) is 9.01. The molecule has 192 valence electrons. The van der Waals surface area contributed by atoms with Crippen LogP contribution >= 0.6 is 0 Å². The van der Waals surface area contributed by atoms with Gasteiger partial charge >= 0.3 is 0 Å². The first-order valence-electron chi connectivity index (χ1n) is 11.9. The number of nitrogens with one attached hydrogen (secondary N) is 1. The summed E-state index contributed by atoms with van der Waals surface area (Å²) in [4.78, 5) is 28.0. The maximum Gasteiger partial charge on any atom is 0.272 e. The molecule has 0 saturated heterocycles. The number of hydrogen-bond acceptors (Lipinski definition) is 7. The summed E-state index contributed by atoms with van der Waals surface area (Å²) in [6.45, 7) is 4.67. The Labute approximate surface area is 210 Å². The minimum atomic E-state index is -3.69. The smallest absolute Gasteiger partial charge is 0.272 e. The van der Waals surface area contributed by atoms with Crippen LogP contribution in [-0.2, 0) is 23.3 Å². The number of amides is 2. The zero-order chi connectivity index (χ0) is 26.5. The van der Waals surface area contributed by atoms with Crippen molar-refractivity contribution >= 4 is 21.7 Å². The van der Waals surface area contributed by atoms with E-state index in [0.29, 0.717) is 30.4 Å². The highest BCUT2D eigenvalue weighted by molar-refractivity contribution is 7.94. The Balaban J connectivity index is 1.52. The first kappa shape index (κ1) is 25.9. The van der Waals surface area contributed by atoms with Gasteiger partial charge < -0.3 is 15.3 Å². The second-order valence-corrected chi connectivity index (χ2v) is 13.3. The molecular formula is C25H31N5O5S. The number of aliphatic hydroxyl groups excluding tert-OH is 1. The van der Waals surface area contributed by atoms with Crippen molar-refractivity contribution in [2.75, 3.05) is 19.7 Å². The van der Waals surface area contributed by atoms with Gasteiger partial charge in [-0.2, -0.15) is 10.4 Å². The molecule has 11 heteroatoms. The Hall–Kier alpha value is -3.23. The minimum Gasteiger partial charge on any atom is -0.395 e. The molecule has 1 aromatic heterocycles. The quantitative estimate of drug-likeness (QED) is 0.544. The molecule has 1 aliphatic heterocycles. The van der Waals surface area contributed by atoms with Crippen LogP contribution in [0.5, 0.6) is 0 Å². The van der Waals surface area contributed by atoms with E-state index in [0.717, 1.165) is 5.56 Å². The highest BCUT2D eigenvalue weighted by Crippen LogP contribution is 2.49. The van der Waals surface area contributed by atoms with Crippen LogP contribution in [0.2, 0.25) is 0 Å². The van der Waals surface area contributed by atoms with E-state index in [2.05, 4.69) is 16.5 Å². The Morgan fingerprint density at radius 1 is 1.31 bits per heavy atom. The molecule has 1 aromatic carbocycles. The monoisotopic (exact) mass is 513 g/mol. The summed E-state index contributed by atoms with van der Waals surface area (Å²) in [5.41, 5.74) is 2.37. The van der Waals surface area contributed by atoms with Crippen molar-refractivity contribution in [2.24, 2.45) is 7.05 Å². The molecule has 1 saturated carbocycles. The van der Waals surface area contributed by atoms with Gasteiger partial charge in [-0.25, -0.2) is 8.42 Å². The molecular weight excluding hydrogens is 482 g/mol. The lowest BCUT2D eigenvalue weighted by Gasteiger charge is -2.34. The average Bonchev–Trinajstić information content (AvgIpc) is 3.57. The van der Waals surface area contributed by atoms with Gasteiger partial charge in [0.15, 0.2) is 15.5 Å². The van der Waals surface area contributed by atoms with Crippen molar-refractivity contribution in [2.45, 2.75) is 55.6 Å². The number of carbonyl (C=O) groups is 2. The van der Waals surface area contributed by atoms with Crippen LogP contribution in [0, 0.1) is 11.3 Å². The van der Waals surface area contributed by atoms with Gasteiger partial charge in [-0.15, -0.1) is 0 Å². The van der Waals surface area contributed by atoms with Crippen LogP contribution in [0.1, 0.15) is 77.3 Å². The highest BCUT2D eigenvalue weighted by Gasteiger charge is 2.60. The second-order valence-electron chi connectivity index (χ2n) is 10.3. The predicted molar refractivity (Wildman–Crippen MR) is 132 cm³/mol. The van der Waals surface area contributed by atoms with Gasteiger partial charge in [-0.05, 0) is 57.7 Å². The Morgan fingerprint density at radius 2 is 1.94 bits per heavy atom. The van der Waals surface area contributed by atoms with E-state index in [4.69, 9.17) is 5.26 Å². The number of aliphatic hydroxyl groups is 1. The van der Waals surface area contributed by atoms with Gasteiger partial charge in [0.25, 0.3) is 11.8 Å². The lowest BCUT2D eigenvalue weighted by Crippen LogP contribution is -2.51. The Bertz CT molecular complexity index is 1350. The highest BCUT2D eigenvalue weighted by atomic mass is 32.2. The molecule has 0 bridgehead atoms. The molecule has 1 fully saturated rings. The van der Waals surface area contributed by atoms with E-state index in [9.17, 15) is 23.1 Å². The van der Waals surface area contributed by atoms with Gasteiger partial charge in [0.05, 0.1) is 33.8 Å². The summed E-state index contributed by atoms with van der Waals surface area (Å²) in [5, 5.41) is 25.8. The third-order valence-corrected chi connectivity index (χ3v) is 10.6. The topological polar surface area (TPSA) is 145 Å². The molecule has 1 aliphatic carbocycles. The van der Waals surface area contributed by atoms with Crippen molar-refractivity contribution < 1.29 is 23.1 Å². The summed E-state index contributed by atoms with van der Waals surface area (Å²) in [6, 6.07) is 8.64. The molecule has 0 spiro atoms. The van der Waals surface area contributed by atoms with Crippen LogP contribution in [0.15, 0.2) is 24.3 Å². The molecule has 0 unspecified atom stereocenters. The lowest BCUT2D eigenvalue weighted by molar-refractivity contribution is 0.0724. The molecule has 2 amide bonds. The number of hydrogen-bond donors (Lipinski definition) is 2. The minimum absolute atomic E-state index is 0.0550. The molecule has 2 aromatic rings. The molecule has 2 N–H and O–H groups in total. The molecule has 2 heterocycles. The van der Waals surface area contributed by atoms with Crippen LogP contribution in [0.4, 0.5) is 0 Å². The predicted octanol–water partition coefficient (Wildman–Crippen LogP) is 1.50. The zero-order valence-corrected chi connectivity index (χ0v) is 21.7. The van der Waals surface area contributed by atoms with E-state index < -0.39 is 31.8 Å². The molecule has 1 atom stereocenters. The van der Waals surface area contributed by atoms with Crippen molar-refractivity contribution in [1.29, 1.82) is 5.26 Å². The number of rotatable bonds is 8. The number of fused-ring (bicyclic) bond motifs is 1. The van der Waals surface area contributed by atoms with Crippen LogP contribution in [0.3, 0.4) is 0 Å². The summed E-state index contributed by atoms with van der Waals surface area (Å²) in [6.07, 6.45) is 1.27. The van der Waals surface area contributed by atoms with Crippen molar-refractivity contribution in [3.8, 4) is 6.07 Å². The molecule has 4 rings (SSSR count). The number of sulfone groups is 1. The van der Waals surface area contributed by atoms with E-state index in [1.165, 1.54) is 23.4 Å². The van der Waals surface area contributed by atoms with Gasteiger partial charge in [-0.1, -0.05) is 12.1 Å². The lowest BCUT2D eigenvalue weighted by atomic mass is 10.0. The van der Waals surface area contributed by atoms with E-state index in [1.54, 1.807) is 31.3 Å². The van der Waals surface area contributed by atoms with Crippen molar-refractivity contribution in [1.82, 2.24) is 20.0 Å². The standard InChI is InChI=1S/C25H31N5O5S/c1-16(18-7-5-17(13-26)6-8-18)27-22(32)20-19-9-12-30(23(33)21(19)29(4)28-20)14-25(10-11-25)36(34,35)24(2,3)15-31/h5-8,16,31H,9-12,14-15H2,1-4H3,(H,27,32)/t16-/m0/s1. The van der Waals surface area contributed by atoms with Crippen molar-refractivity contribution in [3.63, 3.8) is 0 Å². The first-order valence-corrected chi connectivity index (χ1v) is 13.4. The molecule has 2 aliphatic rings. The van der Waals surface area contributed by atoms with E-state index in [-0.39, 0.29) is 36.4 Å². The van der Waals surface area contributed by atoms with Gasteiger partial charge in [-0.3, -0.25) is 14.3 Å². The SMILES string of the molecule is C[C@H](NC(=O)c1nn(C)c2c1CCN(CC1(S(=O)(=O)C(C)(C)CO)CC1)C2=O)c1ccc(C#N)cc1. The molecule has 10 nitrogen and oxygen atoms in total. The fourth-order valence-corrected chi connectivity index (χ4v) is 7.08. The number of aromatic nitrogens is 2.